The van der Waals surface area contributed by atoms with Crippen LogP contribution in [-0.2, 0) is 14.6 Å². The number of amides is 1. The molecule has 26 heavy (non-hydrogen) atoms. The molecule has 0 N–H and O–H groups in total. The zero-order valence-electron chi connectivity index (χ0n) is 15.1. The molecule has 2 heterocycles. The molecule has 4 rings (SSSR count). The Balaban J connectivity index is 1.56. The molecule has 5 nitrogen and oxygen atoms in total. The van der Waals surface area contributed by atoms with E-state index in [-0.39, 0.29) is 34.6 Å². The van der Waals surface area contributed by atoms with E-state index in [1.54, 1.807) is 11.0 Å². The van der Waals surface area contributed by atoms with Crippen molar-refractivity contribution < 1.29 is 17.6 Å². The summed E-state index contributed by atoms with van der Waals surface area (Å²) in [4.78, 5) is 17.1. The highest BCUT2D eigenvalue weighted by molar-refractivity contribution is 7.91. The molecule has 1 aromatic rings. The molecule has 3 aliphatic rings. The van der Waals surface area contributed by atoms with Crippen molar-refractivity contribution in [3.05, 3.63) is 24.0 Å². The third-order valence-electron chi connectivity index (χ3n) is 6.23. The van der Waals surface area contributed by atoms with Gasteiger partial charge in [0.15, 0.2) is 0 Å². The molecule has 1 atom stereocenters. The van der Waals surface area contributed by atoms with E-state index in [1.807, 2.05) is 0 Å². The van der Waals surface area contributed by atoms with Crippen LogP contribution in [0.1, 0.15) is 32.6 Å². The lowest BCUT2D eigenvalue weighted by molar-refractivity contribution is -0.120. The molecular formula is C19H25FN2O3S. The van der Waals surface area contributed by atoms with E-state index in [2.05, 4.69) is 11.8 Å². The van der Waals surface area contributed by atoms with Crippen molar-refractivity contribution in [1.29, 1.82) is 0 Å². The minimum Gasteiger partial charge on any atom is -0.368 e. The van der Waals surface area contributed by atoms with Gasteiger partial charge in [0, 0.05) is 25.6 Å². The second kappa shape index (κ2) is 6.22. The van der Waals surface area contributed by atoms with E-state index in [4.69, 9.17) is 0 Å². The number of anilines is 2. The Morgan fingerprint density at radius 3 is 2.65 bits per heavy atom. The van der Waals surface area contributed by atoms with Gasteiger partial charge in [-0.1, -0.05) is 6.92 Å². The molecule has 1 spiro atoms. The van der Waals surface area contributed by atoms with Gasteiger partial charge < -0.3 is 9.80 Å². The SMILES string of the molecule is CCCN1CCN(C(=O)C2CC23CCS(=O)(=O)CC3)c2cc(F)ccc21. The quantitative estimate of drug-likeness (QED) is 0.809. The van der Waals surface area contributed by atoms with Gasteiger partial charge in [-0.2, -0.15) is 0 Å². The highest BCUT2D eigenvalue weighted by Crippen LogP contribution is 2.60. The highest BCUT2D eigenvalue weighted by Gasteiger charge is 2.60. The van der Waals surface area contributed by atoms with Crippen LogP contribution in [-0.4, -0.2) is 45.5 Å². The van der Waals surface area contributed by atoms with Crippen LogP contribution >= 0.6 is 0 Å². The minimum absolute atomic E-state index is 0.0345. The van der Waals surface area contributed by atoms with Gasteiger partial charge in [0.05, 0.1) is 22.9 Å². The zero-order chi connectivity index (χ0) is 18.5. The highest BCUT2D eigenvalue weighted by atomic mass is 32.2. The fourth-order valence-corrected chi connectivity index (χ4v) is 6.19. The van der Waals surface area contributed by atoms with Gasteiger partial charge in [-0.05, 0) is 49.3 Å². The fourth-order valence-electron chi connectivity index (χ4n) is 4.56. The normalized spacial score (nSPS) is 25.8. The van der Waals surface area contributed by atoms with Gasteiger partial charge in [0.2, 0.25) is 5.91 Å². The van der Waals surface area contributed by atoms with Crippen LogP contribution in [0.2, 0.25) is 0 Å². The average molecular weight is 380 g/mol. The number of carbonyl (C=O) groups is 1. The van der Waals surface area contributed by atoms with Gasteiger partial charge in [0.25, 0.3) is 0 Å². The lowest BCUT2D eigenvalue weighted by Crippen LogP contribution is -2.45. The Bertz CT molecular complexity index is 825. The van der Waals surface area contributed by atoms with Crippen molar-refractivity contribution >= 4 is 27.1 Å². The third kappa shape index (κ3) is 3.00. The van der Waals surface area contributed by atoms with Crippen LogP contribution in [0.5, 0.6) is 0 Å². The molecule has 1 saturated heterocycles. The summed E-state index contributed by atoms with van der Waals surface area (Å²) in [6, 6.07) is 4.66. The Morgan fingerprint density at radius 1 is 1.23 bits per heavy atom. The van der Waals surface area contributed by atoms with Crippen molar-refractivity contribution in [3.8, 4) is 0 Å². The number of rotatable bonds is 3. The molecular weight excluding hydrogens is 355 g/mol. The molecule has 1 unspecified atom stereocenters. The topological polar surface area (TPSA) is 57.7 Å². The van der Waals surface area contributed by atoms with Gasteiger partial charge in [0.1, 0.15) is 15.7 Å². The van der Waals surface area contributed by atoms with Crippen molar-refractivity contribution in [2.24, 2.45) is 11.3 Å². The number of carbonyl (C=O) groups excluding carboxylic acids is 1. The van der Waals surface area contributed by atoms with E-state index in [1.165, 1.54) is 12.1 Å². The second-order valence-corrected chi connectivity index (χ2v) is 10.2. The smallest absolute Gasteiger partial charge is 0.230 e. The van der Waals surface area contributed by atoms with Gasteiger partial charge in [-0.3, -0.25) is 4.79 Å². The number of benzene rings is 1. The van der Waals surface area contributed by atoms with Gasteiger partial charge in [-0.25, -0.2) is 12.8 Å². The van der Waals surface area contributed by atoms with Crippen LogP contribution in [0.15, 0.2) is 18.2 Å². The largest absolute Gasteiger partial charge is 0.368 e. The van der Waals surface area contributed by atoms with Crippen molar-refractivity contribution in [2.45, 2.75) is 32.6 Å². The summed E-state index contributed by atoms with van der Waals surface area (Å²) in [5.74, 6) is -0.0493. The molecule has 142 valence electrons. The van der Waals surface area contributed by atoms with E-state index in [9.17, 15) is 17.6 Å². The first-order chi connectivity index (χ1) is 12.4. The van der Waals surface area contributed by atoms with Gasteiger partial charge in [-0.15, -0.1) is 0 Å². The minimum atomic E-state index is -2.94. The summed E-state index contributed by atoms with van der Waals surface area (Å²) in [5.41, 5.74) is 1.42. The Hall–Kier alpha value is -1.63. The third-order valence-corrected chi connectivity index (χ3v) is 7.88. The summed E-state index contributed by atoms with van der Waals surface area (Å²) >= 11 is 0. The molecule has 1 saturated carbocycles. The maximum Gasteiger partial charge on any atom is 0.230 e. The number of sulfone groups is 1. The van der Waals surface area contributed by atoms with Crippen molar-refractivity contribution in [3.63, 3.8) is 0 Å². The molecule has 0 aromatic heterocycles. The van der Waals surface area contributed by atoms with E-state index >= 15 is 0 Å². The van der Waals surface area contributed by atoms with Crippen LogP contribution in [0.25, 0.3) is 0 Å². The maximum atomic E-state index is 13.9. The number of halogens is 1. The summed E-state index contributed by atoms with van der Waals surface area (Å²) < 4.78 is 37.3. The number of fused-ring (bicyclic) bond motifs is 1. The molecule has 2 aliphatic heterocycles. The van der Waals surface area contributed by atoms with Crippen molar-refractivity contribution in [2.75, 3.05) is 40.9 Å². The number of hydrogen-bond donors (Lipinski definition) is 0. The summed E-state index contributed by atoms with van der Waals surface area (Å²) in [6.45, 7) is 4.28. The maximum absolute atomic E-state index is 13.9. The lowest BCUT2D eigenvalue weighted by Gasteiger charge is -2.38. The zero-order valence-corrected chi connectivity index (χ0v) is 15.9. The summed E-state index contributed by atoms with van der Waals surface area (Å²) in [7, 11) is -2.94. The second-order valence-electron chi connectivity index (χ2n) is 7.88. The van der Waals surface area contributed by atoms with E-state index < -0.39 is 9.84 Å². The van der Waals surface area contributed by atoms with Crippen LogP contribution in [0.3, 0.4) is 0 Å². The molecule has 0 bridgehead atoms. The molecule has 1 amide bonds. The van der Waals surface area contributed by atoms with Crippen LogP contribution in [0.4, 0.5) is 15.8 Å². The predicted octanol–water partition coefficient (Wildman–Crippen LogP) is 2.60. The number of nitrogens with zero attached hydrogens (tertiary/aromatic N) is 2. The fraction of sp³-hybridized carbons (Fsp3) is 0.632. The Kier molecular flexibility index (Phi) is 4.25. The molecule has 1 aliphatic carbocycles. The first-order valence-electron chi connectivity index (χ1n) is 9.41. The Labute approximate surface area is 154 Å². The first kappa shape index (κ1) is 17.8. The molecule has 0 radical (unpaired) electrons. The summed E-state index contributed by atoms with van der Waals surface area (Å²) in [5, 5.41) is 0. The predicted molar refractivity (Wildman–Crippen MR) is 99.7 cm³/mol. The van der Waals surface area contributed by atoms with Gasteiger partial charge >= 0.3 is 0 Å². The van der Waals surface area contributed by atoms with E-state index in [0.717, 1.165) is 31.6 Å². The average Bonchev–Trinajstić information content (AvgIpc) is 3.32. The lowest BCUT2D eigenvalue weighted by atomic mass is 9.95. The standard InChI is InChI=1S/C19H25FN2O3S/c1-2-7-21-8-9-22(17-12-14(20)3-4-16(17)21)18(23)15-13-19(15)5-10-26(24,25)11-6-19/h3-4,12,15H,2,5-11,13H2,1H3. The first-order valence-corrected chi connectivity index (χ1v) is 11.2. The monoisotopic (exact) mass is 380 g/mol. The van der Waals surface area contributed by atoms with Crippen LogP contribution < -0.4 is 9.80 Å². The van der Waals surface area contributed by atoms with Crippen LogP contribution in [0, 0.1) is 17.2 Å². The van der Waals surface area contributed by atoms with E-state index in [0.29, 0.717) is 25.1 Å². The summed E-state index contributed by atoms with van der Waals surface area (Å²) in [6.07, 6.45) is 2.92. The number of hydrogen-bond acceptors (Lipinski definition) is 4. The van der Waals surface area contributed by atoms with Crippen molar-refractivity contribution in [1.82, 2.24) is 0 Å². The molecule has 7 heteroatoms. The molecule has 1 aromatic carbocycles. The Morgan fingerprint density at radius 2 is 1.96 bits per heavy atom. The molecule has 2 fully saturated rings.